The molecule has 13 heavy (non-hydrogen) atoms. The molecule has 1 aliphatic heterocycles. The first-order valence-electron chi connectivity index (χ1n) is 3.96. The molecule has 1 aliphatic rings. The molecule has 0 radical (unpaired) electrons. The van der Waals surface area contributed by atoms with Crippen molar-refractivity contribution in [3.05, 3.63) is 0 Å². The number of hydrogen-bond donors (Lipinski definition) is 4. The summed E-state index contributed by atoms with van der Waals surface area (Å²) < 4.78 is 4.78. The first kappa shape index (κ1) is 10.4. The Morgan fingerprint density at radius 1 is 1.54 bits per heavy atom. The molecule has 0 aromatic carbocycles. The second-order valence-electron chi connectivity index (χ2n) is 2.96. The van der Waals surface area contributed by atoms with Gasteiger partial charge in [0.25, 0.3) is 0 Å². The third-order valence-electron chi connectivity index (χ3n) is 1.92. The van der Waals surface area contributed by atoms with Crippen LogP contribution in [0.15, 0.2) is 0 Å². The standard InChI is InChI=1S/C7H13NO5/c1-3(10)8-5-6(11)4(2-9)13-7(5)12/h4-7,9,11-12H,2H2,1H3,(H,8,10)/t4-,5-,6+,7+/m1/s1. The summed E-state index contributed by atoms with van der Waals surface area (Å²) in [6, 6.07) is -0.866. The van der Waals surface area contributed by atoms with Crippen molar-refractivity contribution in [1.29, 1.82) is 0 Å². The van der Waals surface area contributed by atoms with Gasteiger partial charge in [0.2, 0.25) is 5.91 Å². The molecule has 4 atom stereocenters. The lowest BCUT2D eigenvalue weighted by atomic mass is 10.1. The molecule has 0 unspecified atom stereocenters. The summed E-state index contributed by atoms with van der Waals surface area (Å²) >= 11 is 0. The SMILES string of the molecule is CC(=O)N[C@@H]1[C@@H](O)[C@@H](CO)O[C@@H]1O. The number of ether oxygens (including phenoxy) is 1. The van der Waals surface area contributed by atoms with E-state index in [-0.39, 0.29) is 5.91 Å². The highest BCUT2D eigenvalue weighted by Crippen LogP contribution is 2.18. The Morgan fingerprint density at radius 2 is 2.15 bits per heavy atom. The van der Waals surface area contributed by atoms with Crippen LogP contribution in [0.1, 0.15) is 6.92 Å². The predicted molar refractivity (Wildman–Crippen MR) is 41.6 cm³/mol. The van der Waals surface area contributed by atoms with Crippen molar-refractivity contribution in [2.75, 3.05) is 6.61 Å². The zero-order valence-electron chi connectivity index (χ0n) is 7.17. The van der Waals surface area contributed by atoms with Gasteiger partial charge in [-0.2, -0.15) is 0 Å². The van der Waals surface area contributed by atoms with Gasteiger partial charge in [0, 0.05) is 6.92 Å². The number of carbonyl (C=O) groups excluding carboxylic acids is 1. The van der Waals surface area contributed by atoms with Gasteiger partial charge in [-0.3, -0.25) is 4.79 Å². The zero-order valence-corrected chi connectivity index (χ0v) is 7.17. The fourth-order valence-corrected chi connectivity index (χ4v) is 1.29. The van der Waals surface area contributed by atoms with Crippen LogP contribution in [0.4, 0.5) is 0 Å². The third-order valence-corrected chi connectivity index (χ3v) is 1.92. The van der Waals surface area contributed by atoms with Crippen LogP contribution in [-0.4, -0.2) is 52.4 Å². The van der Waals surface area contributed by atoms with Crippen LogP contribution in [0, 0.1) is 0 Å². The molecule has 6 heteroatoms. The molecular weight excluding hydrogens is 178 g/mol. The Hall–Kier alpha value is -0.690. The molecule has 4 N–H and O–H groups in total. The van der Waals surface area contributed by atoms with Gasteiger partial charge in [-0.15, -0.1) is 0 Å². The molecule has 0 spiro atoms. The molecule has 76 valence electrons. The Bertz CT molecular complexity index is 197. The Balaban J connectivity index is 2.58. The minimum absolute atomic E-state index is 0.370. The molecule has 1 fully saturated rings. The number of carbonyl (C=O) groups is 1. The number of nitrogens with one attached hydrogen (secondary N) is 1. The molecule has 0 aliphatic carbocycles. The summed E-state index contributed by atoms with van der Waals surface area (Å²) in [4.78, 5) is 10.6. The molecule has 1 saturated heterocycles. The van der Waals surface area contributed by atoms with Crippen molar-refractivity contribution >= 4 is 5.91 Å². The summed E-state index contributed by atoms with van der Waals surface area (Å²) in [6.45, 7) is 0.875. The lowest BCUT2D eigenvalue weighted by Gasteiger charge is -2.17. The van der Waals surface area contributed by atoms with E-state index in [2.05, 4.69) is 5.32 Å². The van der Waals surface area contributed by atoms with Crippen LogP contribution in [0.3, 0.4) is 0 Å². The Kier molecular flexibility index (Phi) is 3.21. The lowest BCUT2D eigenvalue weighted by Crippen LogP contribution is -2.47. The molecule has 0 bridgehead atoms. The van der Waals surface area contributed by atoms with Crippen molar-refractivity contribution < 1.29 is 24.9 Å². The van der Waals surface area contributed by atoms with Gasteiger partial charge in [0.1, 0.15) is 18.2 Å². The van der Waals surface area contributed by atoms with Crippen molar-refractivity contribution in [1.82, 2.24) is 5.32 Å². The van der Waals surface area contributed by atoms with Gasteiger partial charge in [-0.05, 0) is 0 Å². The molecule has 6 nitrogen and oxygen atoms in total. The van der Waals surface area contributed by atoms with Crippen LogP contribution in [0.2, 0.25) is 0 Å². The molecule has 0 saturated carbocycles. The number of hydrogen-bond acceptors (Lipinski definition) is 5. The highest BCUT2D eigenvalue weighted by Gasteiger charge is 2.42. The lowest BCUT2D eigenvalue weighted by molar-refractivity contribution is -0.127. The van der Waals surface area contributed by atoms with E-state index >= 15 is 0 Å². The minimum atomic E-state index is -1.27. The largest absolute Gasteiger partial charge is 0.394 e. The van der Waals surface area contributed by atoms with Gasteiger partial charge in [0.15, 0.2) is 6.29 Å². The number of rotatable bonds is 2. The molecule has 1 rings (SSSR count). The molecule has 1 heterocycles. The summed E-state index contributed by atoms with van der Waals surface area (Å²) in [7, 11) is 0. The van der Waals surface area contributed by atoms with Gasteiger partial charge in [-0.25, -0.2) is 0 Å². The maximum absolute atomic E-state index is 10.6. The van der Waals surface area contributed by atoms with E-state index in [4.69, 9.17) is 9.84 Å². The normalized spacial score (nSPS) is 39.1. The number of aliphatic hydroxyl groups excluding tert-OH is 3. The summed E-state index contributed by atoms with van der Waals surface area (Å²) in [6.07, 6.45) is -3.19. The molecular formula is C7H13NO5. The maximum Gasteiger partial charge on any atom is 0.217 e. The number of aliphatic hydroxyl groups is 3. The Labute approximate surface area is 75.1 Å². The molecule has 0 aromatic rings. The van der Waals surface area contributed by atoms with E-state index in [1.807, 2.05) is 0 Å². The van der Waals surface area contributed by atoms with Crippen LogP contribution >= 0.6 is 0 Å². The fraction of sp³-hybridized carbons (Fsp3) is 0.857. The highest BCUT2D eigenvalue weighted by atomic mass is 16.6. The van der Waals surface area contributed by atoms with Crippen LogP contribution in [0.5, 0.6) is 0 Å². The average Bonchev–Trinajstić information content (AvgIpc) is 2.31. The third kappa shape index (κ3) is 2.16. The smallest absolute Gasteiger partial charge is 0.217 e. The molecule has 1 amide bonds. The second kappa shape index (κ2) is 4.01. The van der Waals surface area contributed by atoms with Crippen molar-refractivity contribution in [2.45, 2.75) is 31.5 Å². The van der Waals surface area contributed by atoms with E-state index in [0.29, 0.717) is 0 Å². The molecule has 0 aromatic heterocycles. The van der Waals surface area contributed by atoms with Gasteiger partial charge < -0.3 is 25.4 Å². The van der Waals surface area contributed by atoms with Gasteiger partial charge in [0.05, 0.1) is 6.61 Å². The quantitative estimate of drug-likeness (QED) is 0.388. The average molecular weight is 191 g/mol. The minimum Gasteiger partial charge on any atom is -0.394 e. The van der Waals surface area contributed by atoms with E-state index in [9.17, 15) is 15.0 Å². The van der Waals surface area contributed by atoms with E-state index in [1.54, 1.807) is 0 Å². The van der Waals surface area contributed by atoms with E-state index < -0.39 is 31.1 Å². The van der Waals surface area contributed by atoms with Crippen molar-refractivity contribution in [2.24, 2.45) is 0 Å². The number of amides is 1. The zero-order chi connectivity index (χ0) is 10.0. The van der Waals surface area contributed by atoms with Crippen molar-refractivity contribution in [3.63, 3.8) is 0 Å². The summed E-state index contributed by atoms with van der Waals surface area (Å²) in [5.41, 5.74) is 0. The maximum atomic E-state index is 10.6. The fourth-order valence-electron chi connectivity index (χ4n) is 1.29. The first-order chi connectivity index (χ1) is 6.06. The van der Waals surface area contributed by atoms with Gasteiger partial charge >= 0.3 is 0 Å². The monoisotopic (exact) mass is 191 g/mol. The predicted octanol–water partition coefficient (Wildman–Crippen LogP) is -2.44. The van der Waals surface area contributed by atoms with E-state index in [0.717, 1.165) is 0 Å². The van der Waals surface area contributed by atoms with Crippen molar-refractivity contribution in [3.8, 4) is 0 Å². The van der Waals surface area contributed by atoms with Crippen LogP contribution in [0.25, 0.3) is 0 Å². The summed E-state index contributed by atoms with van der Waals surface area (Å²) in [5.74, 6) is -0.370. The topological polar surface area (TPSA) is 99.0 Å². The second-order valence-corrected chi connectivity index (χ2v) is 2.96. The first-order valence-corrected chi connectivity index (χ1v) is 3.96. The Morgan fingerprint density at radius 3 is 2.54 bits per heavy atom. The summed E-state index contributed by atoms with van der Waals surface area (Å²) in [5, 5.41) is 29.6. The van der Waals surface area contributed by atoms with Gasteiger partial charge in [-0.1, -0.05) is 0 Å². The van der Waals surface area contributed by atoms with Crippen LogP contribution in [-0.2, 0) is 9.53 Å². The highest BCUT2D eigenvalue weighted by molar-refractivity contribution is 5.73. The van der Waals surface area contributed by atoms with E-state index in [1.165, 1.54) is 6.92 Å². The van der Waals surface area contributed by atoms with Crippen LogP contribution < -0.4 is 5.32 Å².